The summed E-state index contributed by atoms with van der Waals surface area (Å²) >= 11 is 11.6. The van der Waals surface area contributed by atoms with Gasteiger partial charge in [0.05, 0.1) is 23.5 Å². The average Bonchev–Trinajstić information content (AvgIpc) is 3.11. The van der Waals surface area contributed by atoms with Gasteiger partial charge in [-0.15, -0.1) is 10.2 Å². The van der Waals surface area contributed by atoms with E-state index in [2.05, 4.69) is 15.2 Å². The van der Waals surface area contributed by atoms with Gasteiger partial charge in [0.25, 0.3) is 5.91 Å². The van der Waals surface area contributed by atoms with E-state index in [1.54, 1.807) is 22.9 Å². The lowest BCUT2D eigenvalue weighted by molar-refractivity contribution is 0.0707. The monoisotopic (exact) mass is 392 g/mol. The Balaban J connectivity index is 1.66. The molecule has 26 heavy (non-hydrogen) atoms. The SMILES string of the molecule is [2H]C1CN(C(=O)c2ccc(Cl)c(F)c2Cl)Cc2nnc(-c3ccccn3)n21. The fourth-order valence-electron chi connectivity index (χ4n) is 2.72. The number of fused-ring (bicyclic) bond motifs is 1. The van der Waals surface area contributed by atoms with Gasteiger partial charge in [0.1, 0.15) is 5.69 Å². The van der Waals surface area contributed by atoms with Crippen LogP contribution < -0.4 is 0 Å². The van der Waals surface area contributed by atoms with Crippen LogP contribution in [0.3, 0.4) is 0 Å². The number of aromatic nitrogens is 4. The van der Waals surface area contributed by atoms with E-state index < -0.39 is 18.2 Å². The number of carbonyl (C=O) groups is 1. The Labute approximate surface area is 159 Å². The Kier molecular flexibility index (Phi) is 4.03. The van der Waals surface area contributed by atoms with Gasteiger partial charge < -0.3 is 9.47 Å². The summed E-state index contributed by atoms with van der Waals surface area (Å²) in [5, 5.41) is 7.72. The number of halogens is 3. The first-order valence-electron chi connectivity index (χ1n) is 8.25. The molecule has 3 aromatic rings. The van der Waals surface area contributed by atoms with Crippen molar-refractivity contribution in [1.29, 1.82) is 0 Å². The van der Waals surface area contributed by atoms with Crippen molar-refractivity contribution < 1.29 is 10.6 Å². The molecule has 1 atom stereocenters. The van der Waals surface area contributed by atoms with E-state index in [9.17, 15) is 9.18 Å². The number of hydrogen-bond acceptors (Lipinski definition) is 4. The van der Waals surface area contributed by atoms with E-state index in [1.165, 1.54) is 17.0 Å². The summed E-state index contributed by atoms with van der Waals surface area (Å²) in [4.78, 5) is 18.4. The van der Waals surface area contributed by atoms with Crippen molar-refractivity contribution in [3.05, 3.63) is 63.8 Å². The van der Waals surface area contributed by atoms with E-state index in [1.807, 2.05) is 6.07 Å². The van der Waals surface area contributed by atoms with Crippen molar-refractivity contribution in [3.63, 3.8) is 0 Å². The first kappa shape index (κ1) is 15.7. The van der Waals surface area contributed by atoms with Crippen LogP contribution >= 0.6 is 23.2 Å². The third-order valence-corrected chi connectivity index (χ3v) is 4.69. The molecule has 6 nitrogen and oxygen atoms in total. The summed E-state index contributed by atoms with van der Waals surface area (Å²) in [5.74, 6) is -0.431. The van der Waals surface area contributed by atoms with Gasteiger partial charge in [0.15, 0.2) is 17.5 Å². The second kappa shape index (κ2) is 6.66. The summed E-state index contributed by atoms with van der Waals surface area (Å²) in [7, 11) is 0. The summed E-state index contributed by atoms with van der Waals surface area (Å²) in [6.45, 7) is -0.639. The van der Waals surface area contributed by atoms with Crippen LogP contribution in [0.2, 0.25) is 10.0 Å². The molecule has 0 bridgehead atoms. The van der Waals surface area contributed by atoms with Gasteiger partial charge in [-0.1, -0.05) is 29.3 Å². The van der Waals surface area contributed by atoms with Gasteiger partial charge in [0.2, 0.25) is 0 Å². The van der Waals surface area contributed by atoms with Crippen LogP contribution in [0.1, 0.15) is 17.6 Å². The van der Waals surface area contributed by atoms with Gasteiger partial charge in [-0.3, -0.25) is 9.78 Å². The largest absolute Gasteiger partial charge is 0.329 e. The highest BCUT2D eigenvalue weighted by Gasteiger charge is 2.28. The lowest BCUT2D eigenvalue weighted by atomic mass is 10.1. The molecule has 3 heterocycles. The van der Waals surface area contributed by atoms with Crippen molar-refractivity contribution in [1.82, 2.24) is 24.6 Å². The third-order valence-electron chi connectivity index (χ3n) is 4.03. The van der Waals surface area contributed by atoms with Crippen molar-refractivity contribution in [3.8, 4) is 11.5 Å². The van der Waals surface area contributed by atoms with Crippen molar-refractivity contribution in [2.45, 2.75) is 13.1 Å². The quantitative estimate of drug-likeness (QED) is 0.626. The fraction of sp³-hybridized carbons (Fsp3) is 0.176. The summed E-state index contributed by atoms with van der Waals surface area (Å²) in [6, 6.07) is 8.02. The predicted octanol–water partition coefficient (Wildman–Crippen LogP) is 3.44. The number of carbonyl (C=O) groups excluding carboxylic acids is 1. The topological polar surface area (TPSA) is 63.9 Å². The molecule has 0 radical (unpaired) electrons. The number of amides is 1. The molecule has 1 unspecified atom stereocenters. The maximum atomic E-state index is 13.9. The number of benzene rings is 1. The molecule has 1 amide bonds. The maximum Gasteiger partial charge on any atom is 0.255 e. The number of rotatable bonds is 2. The van der Waals surface area contributed by atoms with E-state index >= 15 is 0 Å². The zero-order valence-corrected chi connectivity index (χ0v) is 14.7. The molecule has 132 valence electrons. The lowest BCUT2D eigenvalue weighted by Gasteiger charge is -2.28. The molecule has 0 spiro atoms. The number of pyridine rings is 1. The first-order valence-corrected chi connectivity index (χ1v) is 8.43. The highest BCUT2D eigenvalue weighted by atomic mass is 35.5. The smallest absolute Gasteiger partial charge is 0.255 e. The van der Waals surface area contributed by atoms with E-state index in [0.717, 1.165) is 0 Å². The molecule has 0 fully saturated rings. The Morgan fingerprint density at radius 1 is 1.23 bits per heavy atom. The highest BCUT2D eigenvalue weighted by molar-refractivity contribution is 6.37. The molecule has 0 N–H and O–H groups in total. The Morgan fingerprint density at radius 3 is 2.85 bits per heavy atom. The zero-order valence-electron chi connectivity index (χ0n) is 14.2. The molecule has 1 aliphatic heterocycles. The van der Waals surface area contributed by atoms with Crippen LogP contribution in [-0.4, -0.2) is 37.1 Å². The normalized spacial score (nSPS) is 17.0. The predicted molar refractivity (Wildman–Crippen MR) is 94.4 cm³/mol. The summed E-state index contributed by atoms with van der Waals surface area (Å²) in [5.41, 5.74) is 0.583. The molecule has 1 aromatic carbocycles. The van der Waals surface area contributed by atoms with Crippen LogP contribution in [0.25, 0.3) is 11.5 Å². The third kappa shape index (κ3) is 2.83. The Morgan fingerprint density at radius 2 is 2.08 bits per heavy atom. The molecule has 0 saturated carbocycles. The number of nitrogens with zero attached hydrogens (tertiary/aromatic N) is 5. The van der Waals surface area contributed by atoms with Crippen molar-refractivity contribution >= 4 is 29.1 Å². The second-order valence-electron chi connectivity index (χ2n) is 5.62. The summed E-state index contributed by atoms with van der Waals surface area (Å²) in [6.07, 6.45) is 1.63. The molecule has 4 rings (SSSR count). The minimum atomic E-state index is -0.843. The highest BCUT2D eigenvalue weighted by Crippen LogP contribution is 2.28. The molecule has 0 saturated heterocycles. The molecular weight excluding hydrogens is 380 g/mol. The van der Waals surface area contributed by atoms with Gasteiger partial charge in [0, 0.05) is 19.3 Å². The first-order chi connectivity index (χ1) is 13.0. The van der Waals surface area contributed by atoms with Crippen LogP contribution in [0.5, 0.6) is 0 Å². The van der Waals surface area contributed by atoms with Crippen LogP contribution in [-0.2, 0) is 13.1 Å². The van der Waals surface area contributed by atoms with Crippen LogP contribution in [0.15, 0.2) is 36.5 Å². The van der Waals surface area contributed by atoms with Gasteiger partial charge in [-0.05, 0) is 24.3 Å². The van der Waals surface area contributed by atoms with Gasteiger partial charge >= 0.3 is 0 Å². The van der Waals surface area contributed by atoms with Crippen LogP contribution in [0, 0.1) is 5.82 Å². The second-order valence-corrected chi connectivity index (χ2v) is 6.40. The minimum Gasteiger partial charge on any atom is -0.329 e. The van der Waals surface area contributed by atoms with Gasteiger partial charge in [-0.2, -0.15) is 0 Å². The molecule has 2 aromatic heterocycles. The molecule has 9 heteroatoms. The van der Waals surface area contributed by atoms with Crippen molar-refractivity contribution in [2.24, 2.45) is 0 Å². The molecular formula is C17H12Cl2FN5O. The molecule has 0 aliphatic carbocycles. The fourth-order valence-corrected chi connectivity index (χ4v) is 3.18. The minimum absolute atomic E-state index is 0.0105. The Hall–Kier alpha value is -2.51. The van der Waals surface area contributed by atoms with Crippen LogP contribution in [0.4, 0.5) is 4.39 Å². The summed E-state index contributed by atoms with van der Waals surface area (Å²) < 4.78 is 24.0. The maximum absolute atomic E-state index is 13.9. The van der Waals surface area contributed by atoms with E-state index in [0.29, 0.717) is 17.3 Å². The Bertz CT molecular complexity index is 1030. The molecule has 1 aliphatic rings. The van der Waals surface area contributed by atoms with E-state index in [4.69, 9.17) is 24.6 Å². The standard InChI is InChI=1S/C17H12Cl2FN5O/c18-11-5-4-10(14(19)15(11)20)17(26)24-7-8-25-13(9-24)22-23-16(25)12-3-1-2-6-21-12/h1-6H,7-9H2/i8D. The van der Waals surface area contributed by atoms with E-state index in [-0.39, 0.29) is 28.7 Å². The average molecular weight is 393 g/mol. The zero-order chi connectivity index (χ0) is 19.1. The number of hydrogen-bond donors (Lipinski definition) is 0. The lowest BCUT2D eigenvalue weighted by Crippen LogP contribution is -2.38. The van der Waals surface area contributed by atoms with Gasteiger partial charge in [-0.25, -0.2) is 4.39 Å². The van der Waals surface area contributed by atoms with Crippen molar-refractivity contribution in [2.75, 3.05) is 6.54 Å².